The van der Waals surface area contributed by atoms with Gasteiger partial charge in [-0.1, -0.05) is 56.2 Å². The average molecular weight is 338 g/mol. The molecule has 0 aromatic rings. The molecule has 138 valence electrons. The van der Waals surface area contributed by atoms with Crippen LogP contribution in [0.2, 0.25) is 0 Å². The number of aliphatic hydroxyl groups excluding tert-OH is 2. The van der Waals surface area contributed by atoms with Gasteiger partial charge in [0.2, 0.25) is 0 Å². The molecule has 0 bridgehead atoms. The zero-order chi connectivity index (χ0) is 18.0. The summed E-state index contributed by atoms with van der Waals surface area (Å²) in [6, 6.07) is 0. The van der Waals surface area contributed by atoms with Gasteiger partial charge in [-0.15, -0.1) is 0 Å². The Morgan fingerprint density at radius 3 is 2.00 bits per heavy atom. The smallest absolute Gasteiger partial charge is 0.303 e. The monoisotopic (exact) mass is 338 g/mol. The molecule has 0 fully saturated rings. The molecule has 0 saturated heterocycles. The lowest BCUT2D eigenvalue weighted by molar-refractivity contribution is -0.137. The number of rotatable bonds is 15. The summed E-state index contributed by atoms with van der Waals surface area (Å²) in [7, 11) is 0. The summed E-state index contributed by atoms with van der Waals surface area (Å²) in [6.45, 7) is 2.17. The zero-order valence-electron chi connectivity index (χ0n) is 14.9. The number of carboxylic acid groups (broad SMARTS) is 1. The predicted octanol–water partition coefficient (Wildman–Crippen LogP) is 4.38. The Morgan fingerprint density at radius 2 is 1.38 bits per heavy atom. The Hall–Kier alpha value is -1.39. The van der Waals surface area contributed by atoms with E-state index in [1.165, 1.54) is 19.3 Å². The highest BCUT2D eigenvalue weighted by Gasteiger charge is 2.12. The molecule has 0 rings (SSSR count). The van der Waals surface area contributed by atoms with Gasteiger partial charge in [-0.05, 0) is 44.9 Å². The van der Waals surface area contributed by atoms with Crippen molar-refractivity contribution in [2.75, 3.05) is 0 Å². The molecule has 0 aliphatic carbocycles. The highest BCUT2D eigenvalue weighted by Crippen LogP contribution is 2.07. The fourth-order valence-corrected chi connectivity index (χ4v) is 2.18. The van der Waals surface area contributed by atoms with Crippen LogP contribution in [0.1, 0.15) is 71.1 Å². The lowest BCUT2D eigenvalue weighted by atomic mass is 10.1. The second kappa shape index (κ2) is 16.5. The van der Waals surface area contributed by atoms with Crippen LogP contribution in [0.4, 0.5) is 0 Å². The van der Waals surface area contributed by atoms with Crippen LogP contribution in [0.15, 0.2) is 36.5 Å². The largest absolute Gasteiger partial charge is 0.481 e. The minimum absolute atomic E-state index is 0.206. The molecular formula is C20H34O4. The van der Waals surface area contributed by atoms with Gasteiger partial charge in [0.25, 0.3) is 0 Å². The quantitative estimate of drug-likeness (QED) is 0.306. The highest BCUT2D eigenvalue weighted by molar-refractivity contribution is 5.66. The van der Waals surface area contributed by atoms with E-state index in [9.17, 15) is 15.0 Å². The molecular weight excluding hydrogens is 304 g/mol. The van der Waals surface area contributed by atoms with Gasteiger partial charge in [-0.25, -0.2) is 0 Å². The molecule has 0 saturated carbocycles. The molecule has 4 heteroatoms. The Labute approximate surface area is 146 Å². The van der Waals surface area contributed by atoms with E-state index in [1.54, 1.807) is 0 Å². The van der Waals surface area contributed by atoms with Crippen LogP contribution in [0.25, 0.3) is 0 Å². The van der Waals surface area contributed by atoms with E-state index in [1.807, 2.05) is 30.4 Å². The second-order valence-electron chi connectivity index (χ2n) is 6.04. The van der Waals surface area contributed by atoms with Crippen molar-refractivity contribution < 1.29 is 20.1 Å². The van der Waals surface area contributed by atoms with Gasteiger partial charge < -0.3 is 15.3 Å². The second-order valence-corrected chi connectivity index (χ2v) is 6.04. The third kappa shape index (κ3) is 15.5. The van der Waals surface area contributed by atoms with E-state index in [0.29, 0.717) is 19.3 Å². The summed E-state index contributed by atoms with van der Waals surface area (Å²) < 4.78 is 0. The van der Waals surface area contributed by atoms with Crippen molar-refractivity contribution in [1.29, 1.82) is 0 Å². The van der Waals surface area contributed by atoms with Crippen molar-refractivity contribution >= 4 is 5.97 Å². The zero-order valence-corrected chi connectivity index (χ0v) is 14.9. The SMILES string of the molecule is CCCCC/C=C/CC(O)C(O)C/C=C\C/C=C\CCCC(=O)O. The fourth-order valence-electron chi connectivity index (χ4n) is 2.18. The summed E-state index contributed by atoms with van der Waals surface area (Å²) in [5, 5.41) is 28.2. The van der Waals surface area contributed by atoms with Gasteiger partial charge >= 0.3 is 5.97 Å². The molecule has 0 spiro atoms. The number of aliphatic carboxylic acids is 1. The van der Waals surface area contributed by atoms with Crippen LogP contribution in [0, 0.1) is 0 Å². The van der Waals surface area contributed by atoms with Crippen LogP contribution >= 0.6 is 0 Å². The first-order valence-corrected chi connectivity index (χ1v) is 9.10. The summed E-state index contributed by atoms with van der Waals surface area (Å²) in [5.74, 6) is -0.758. The highest BCUT2D eigenvalue weighted by atomic mass is 16.4. The molecule has 2 unspecified atom stereocenters. The summed E-state index contributed by atoms with van der Waals surface area (Å²) in [5.41, 5.74) is 0. The van der Waals surface area contributed by atoms with Crippen molar-refractivity contribution in [1.82, 2.24) is 0 Å². The molecule has 0 amide bonds. The maximum atomic E-state index is 10.3. The number of aliphatic hydroxyl groups is 2. The van der Waals surface area contributed by atoms with Crippen molar-refractivity contribution in [3.8, 4) is 0 Å². The van der Waals surface area contributed by atoms with E-state index in [0.717, 1.165) is 19.3 Å². The van der Waals surface area contributed by atoms with E-state index in [-0.39, 0.29) is 6.42 Å². The van der Waals surface area contributed by atoms with Crippen molar-refractivity contribution in [2.45, 2.75) is 83.3 Å². The third-order valence-corrected chi connectivity index (χ3v) is 3.71. The Kier molecular flexibility index (Phi) is 15.5. The molecule has 3 N–H and O–H groups in total. The molecule has 0 aliphatic rings. The summed E-state index contributed by atoms with van der Waals surface area (Å²) >= 11 is 0. The first kappa shape index (κ1) is 22.6. The molecule has 0 radical (unpaired) electrons. The normalized spacial score (nSPS) is 14.8. The lowest BCUT2D eigenvalue weighted by Crippen LogP contribution is -2.24. The fraction of sp³-hybridized carbons (Fsp3) is 0.650. The Bertz CT molecular complexity index is 385. The molecule has 2 atom stereocenters. The third-order valence-electron chi connectivity index (χ3n) is 3.71. The van der Waals surface area contributed by atoms with Crippen LogP contribution in [0.5, 0.6) is 0 Å². The number of hydrogen-bond donors (Lipinski definition) is 3. The molecule has 24 heavy (non-hydrogen) atoms. The number of unbranched alkanes of at least 4 members (excludes halogenated alkanes) is 4. The number of carbonyl (C=O) groups is 1. The van der Waals surface area contributed by atoms with Gasteiger partial charge in [0.1, 0.15) is 0 Å². The summed E-state index contributed by atoms with van der Waals surface area (Å²) in [6.07, 6.45) is 18.3. The lowest BCUT2D eigenvalue weighted by Gasteiger charge is -2.14. The van der Waals surface area contributed by atoms with Crippen LogP contribution < -0.4 is 0 Å². The van der Waals surface area contributed by atoms with E-state index in [4.69, 9.17) is 5.11 Å². The number of hydrogen-bond acceptors (Lipinski definition) is 3. The Morgan fingerprint density at radius 1 is 0.833 bits per heavy atom. The standard InChI is InChI=1S/C20H34O4/c1-2-3-4-5-9-12-15-18(21)19(22)16-13-10-7-6-8-11-14-17-20(23)24/h6,8-10,12-13,18-19,21-22H,2-5,7,11,14-17H2,1H3,(H,23,24)/b8-6-,12-9+,13-10-. The predicted molar refractivity (Wildman–Crippen MR) is 98.9 cm³/mol. The van der Waals surface area contributed by atoms with Gasteiger partial charge in [0.15, 0.2) is 0 Å². The molecule has 0 heterocycles. The van der Waals surface area contributed by atoms with Crippen molar-refractivity contribution in [3.05, 3.63) is 36.5 Å². The molecule has 0 aromatic carbocycles. The van der Waals surface area contributed by atoms with Crippen molar-refractivity contribution in [2.24, 2.45) is 0 Å². The Balaban J connectivity index is 3.69. The van der Waals surface area contributed by atoms with E-state index < -0.39 is 18.2 Å². The maximum absolute atomic E-state index is 10.3. The minimum atomic E-state index is -0.758. The average Bonchev–Trinajstić information content (AvgIpc) is 2.55. The van der Waals surface area contributed by atoms with Gasteiger partial charge in [-0.2, -0.15) is 0 Å². The molecule has 0 aliphatic heterocycles. The number of allylic oxidation sites excluding steroid dienone is 4. The van der Waals surface area contributed by atoms with Gasteiger partial charge in [0.05, 0.1) is 12.2 Å². The van der Waals surface area contributed by atoms with Crippen LogP contribution in [-0.4, -0.2) is 33.5 Å². The first-order chi connectivity index (χ1) is 11.6. The molecule has 4 nitrogen and oxygen atoms in total. The van der Waals surface area contributed by atoms with Crippen LogP contribution in [-0.2, 0) is 4.79 Å². The van der Waals surface area contributed by atoms with Crippen LogP contribution in [0.3, 0.4) is 0 Å². The van der Waals surface area contributed by atoms with Gasteiger partial charge in [0, 0.05) is 6.42 Å². The van der Waals surface area contributed by atoms with Gasteiger partial charge in [-0.3, -0.25) is 4.79 Å². The summed E-state index contributed by atoms with van der Waals surface area (Å²) in [4.78, 5) is 10.3. The van der Waals surface area contributed by atoms with Crippen molar-refractivity contribution in [3.63, 3.8) is 0 Å². The first-order valence-electron chi connectivity index (χ1n) is 9.10. The topological polar surface area (TPSA) is 77.8 Å². The molecule has 0 aromatic heterocycles. The maximum Gasteiger partial charge on any atom is 0.303 e. The minimum Gasteiger partial charge on any atom is -0.481 e. The van der Waals surface area contributed by atoms with E-state index in [2.05, 4.69) is 13.0 Å². The number of carboxylic acids is 1. The van der Waals surface area contributed by atoms with E-state index >= 15 is 0 Å².